The van der Waals surface area contributed by atoms with Crippen LogP contribution < -0.4 is 10.6 Å². The number of fused-ring (bicyclic) bond motifs is 1. The Hall–Kier alpha value is -1.64. The lowest BCUT2D eigenvalue weighted by atomic mass is 9.85. The van der Waals surface area contributed by atoms with Crippen LogP contribution in [0.5, 0.6) is 0 Å². The molecule has 1 fully saturated rings. The lowest BCUT2D eigenvalue weighted by Crippen LogP contribution is -2.47. The summed E-state index contributed by atoms with van der Waals surface area (Å²) in [5.74, 6) is -0.598. The predicted molar refractivity (Wildman–Crippen MR) is 80.1 cm³/mol. The standard InChI is InChI=1S/C15H22F3N5O/c16-15(17,18)10-2-1-3-11(6-10)22-14(24)7-19-12-4-5-13-20-9-21-23(13)8-12/h9-12,19H,1-8H2,(H,22,24)/t10-,11-,12+/m0/s1. The second-order valence-electron chi connectivity index (χ2n) is 6.64. The van der Waals surface area contributed by atoms with Crippen LogP contribution in [-0.2, 0) is 17.8 Å². The Labute approximate surface area is 138 Å². The first kappa shape index (κ1) is 17.2. The van der Waals surface area contributed by atoms with Gasteiger partial charge in [0.1, 0.15) is 12.2 Å². The van der Waals surface area contributed by atoms with Gasteiger partial charge >= 0.3 is 6.18 Å². The van der Waals surface area contributed by atoms with Gasteiger partial charge in [0.15, 0.2) is 0 Å². The molecule has 0 unspecified atom stereocenters. The molecule has 1 saturated carbocycles. The van der Waals surface area contributed by atoms with Crippen LogP contribution >= 0.6 is 0 Å². The SMILES string of the molecule is O=C(CN[C@@H]1CCc2ncnn2C1)N[C@H]1CCC[C@H](C(F)(F)F)C1. The number of aromatic nitrogens is 3. The summed E-state index contributed by atoms with van der Waals surface area (Å²) in [6.45, 7) is 0.768. The summed E-state index contributed by atoms with van der Waals surface area (Å²) in [6.07, 6.45) is 0.284. The maximum absolute atomic E-state index is 12.8. The van der Waals surface area contributed by atoms with E-state index in [-0.39, 0.29) is 37.4 Å². The summed E-state index contributed by atoms with van der Waals surface area (Å²) in [7, 11) is 0. The summed E-state index contributed by atoms with van der Waals surface area (Å²) in [4.78, 5) is 16.2. The summed E-state index contributed by atoms with van der Waals surface area (Å²) in [5, 5.41) is 10.0. The van der Waals surface area contributed by atoms with Gasteiger partial charge in [-0.3, -0.25) is 4.79 Å². The minimum Gasteiger partial charge on any atom is -0.352 e. The molecule has 3 atom stereocenters. The molecule has 1 aromatic heterocycles. The van der Waals surface area contributed by atoms with Gasteiger partial charge in [0.05, 0.1) is 19.0 Å². The first-order chi connectivity index (χ1) is 11.4. The third-order valence-corrected chi connectivity index (χ3v) is 4.86. The molecule has 1 aliphatic heterocycles. The van der Waals surface area contributed by atoms with Crippen molar-refractivity contribution in [3.8, 4) is 0 Å². The zero-order valence-electron chi connectivity index (χ0n) is 13.4. The highest BCUT2D eigenvalue weighted by molar-refractivity contribution is 5.78. The molecule has 24 heavy (non-hydrogen) atoms. The number of carbonyl (C=O) groups excluding carboxylic acids is 1. The molecule has 0 spiro atoms. The first-order valence-electron chi connectivity index (χ1n) is 8.38. The van der Waals surface area contributed by atoms with Crippen molar-refractivity contribution in [2.45, 2.75) is 63.3 Å². The summed E-state index contributed by atoms with van der Waals surface area (Å²) >= 11 is 0. The zero-order valence-corrected chi connectivity index (χ0v) is 13.4. The molecule has 1 aliphatic carbocycles. The van der Waals surface area contributed by atoms with Crippen molar-refractivity contribution in [3.63, 3.8) is 0 Å². The fourth-order valence-corrected chi connectivity index (χ4v) is 3.54. The molecule has 2 aliphatic rings. The quantitative estimate of drug-likeness (QED) is 0.866. The van der Waals surface area contributed by atoms with E-state index < -0.39 is 12.1 Å². The Bertz CT molecular complexity index is 574. The molecule has 0 aromatic carbocycles. The Kier molecular flexibility index (Phi) is 5.07. The van der Waals surface area contributed by atoms with Crippen LogP contribution in [0.1, 0.15) is 37.9 Å². The summed E-state index contributed by atoms with van der Waals surface area (Å²) in [6, 6.07) is -0.257. The molecule has 3 rings (SSSR count). The number of rotatable bonds is 4. The fourth-order valence-electron chi connectivity index (χ4n) is 3.54. The number of carbonyl (C=O) groups is 1. The number of halogens is 3. The van der Waals surface area contributed by atoms with Gasteiger partial charge in [-0.25, -0.2) is 9.67 Å². The minimum atomic E-state index is -4.17. The van der Waals surface area contributed by atoms with Crippen LogP contribution in [0.4, 0.5) is 13.2 Å². The number of amides is 1. The average molecular weight is 345 g/mol. The highest BCUT2D eigenvalue weighted by atomic mass is 19.4. The van der Waals surface area contributed by atoms with Crippen molar-refractivity contribution in [2.24, 2.45) is 5.92 Å². The number of nitrogens with zero attached hydrogens (tertiary/aromatic N) is 3. The van der Waals surface area contributed by atoms with Gasteiger partial charge in [-0.05, 0) is 25.7 Å². The fraction of sp³-hybridized carbons (Fsp3) is 0.800. The van der Waals surface area contributed by atoms with Crippen molar-refractivity contribution >= 4 is 5.91 Å². The molecule has 2 N–H and O–H groups in total. The molecule has 0 radical (unpaired) electrons. The van der Waals surface area contributed by atoms with Crippen molar-refractivity contribution < 1.29 is 18.0 Å². The van der Waals surface area contributed by atoms with E-state index in [9.17, 15) is 18.0 Å². The number of aryl methyl sites for hydroxylation is 1. The van der Waals surface area contributed by atoms with Gasteiger partial charge < -0.3 is 10.6 Å². The van der Waals surface area contributed by atoms with E-state index in [1.54, 1.807) is 0 Å². The average Bonchev–Trinajstić information content (AvgIpc) is 3.00. The second kappa shape index (κ2) is 7.08. The molecule has 0 bridgehead atoms. The molecule has 1 aromatic rings. The normalized spacial score (nSPS) is 27.5. The van der Waals surface area contributed by atoms with Gasteiger partial charge in [0.2, 0.25) is 5.91 Å². The molecular weight excluding hydrogens is 323 g/mol. The molecular formula is C15H22F3N5O. The molecule has 0 saturated heterocycles. The van der Waals surface area contributed by atoms with E-state index >= 15 is 0 Å². The molecule has 1 amide bonds. The molecule has 2 heterocycles. The third kappa shape index (κ3) is 4.25. The maximum Gasteiger partial charge on any atom is 0.391 e. The van der Waals surface area contributed by atoms with Crippen molar-refractivity contribution in [3.05, 3.63) is 12.2 Å². The van der Waals surface area contributed by atoms with Crippen LogP contribution in [0, 0.1) is 5.92 Å². The number of hydrogen-bond acceptors (Lipinski definition) is 4. The van der Waals surface area contributed by atoms with Crippen molar-refractivity contribution in [1.82, 2.24) is 25.4 Å². The molecule has 9 heteroatoms. The van der Waals surface area contributed by atoms with Gasteiger partial charge in [-0.15, -0.1) is 0 Å². The highest BCUT2D eigenvalue weighted by Gasteiger charge is 2.42. The van der Waals surface area contributed by atoms with E-state index in [0.29, 0.717) is 19.4 Å². The van der Waals surface area contributed by atoms with E-state index in [1.807, 2.05) is 4.68 Å². The zero-order chi connectivity index (χ0) is 17.2. The summed E-state index contributed by atoms with van der Waals surface area (Å²) < 4.78 is 40.2. The first-order valence-corrected chi connectivity index (χ1v) is 8.38. The monoisotopic (exact) mass is 345 g/mol. The second-order valence-corrected chi connectivity index (χ2v) is 6.64. The Morgan fingerprint density at radius 1 is 1.29 bits per heavy atom. The molecule has 134 valence electrons. The Morgan fingerprint density at radius 2 is 2.12 bits per heavy atom. The van der Waals surface area contributed by atoms with Crippen LogP contribution in [0.25, 0.3) is 0 Å². The summed E-state index contributed by atoms with van der Waals surface area (Å²) in [5.41, 5.74) is 0. The van der Waals surface area contributed by atoms with Crippen LogP contribution in [0.2, 0.25) is 0 Å². The maximum atomic E-state index is 12.8. The molecule has 6 nitrogen and oxygen atoms in total. The predicted octanol–water partition coefficient (Wildman–Crippen LogP) is 1.42. The van der Waals surface area contributed by atoms with E-state index in [2.05, 4.69) is 20.7 Å². The Morgan fingerprint density at radius 3 is 2.92 bits per heavy atom. The van der Waals surface area contributed by atoms with Gasteiger partial charge in [-0.2, -0.15) is 18.3 Å². The minimum absolute atomic E-state index is 0.0129. The smallest absolute Gasteiger partial charge is 0.352 e. The topological polar surface area (TPSA) is 71.8 Å². The van der Waals surface area contributed by atoms with E-state index in [1.165, 1.54) is 6.33 Å². The number of hydrogen-bond donors (Lipinski definition) is 2. The largest absolute Gasteiger partial charge is 0.391 e. The van der Waals surface area contributed by atoms with E-state index in [4.69, 9.17) is 0 Å². The number of alkyl halides is 3. The lowest BCUT2D eigenvalue weighted by molar-refractivity contribution is -0.184. The van der Waals surface area contributed by atoms with E-state index in [0.717, 1.165) is 18.7 Å². The highest BCUT2D eigenvalue weighted by Crippen LogP contribution is 2.37. The number of nitrogens with one attached hydrogen (secondary N) is 2. The lowest BCUT2D eigenvalue weighted by Gasteiger charge is -2.31. The van der Waals surface area contributed by atoms with Crippen molar-refractivity contribution in [1.29, 1.82) is 0 Å². The van der Waals surface area contributed by atoms with Crippen molar-refractivity contribution in [2.75, 3.05) is 6.54 Å². The van der Waals surface area contributed by atoms with Gasteiger partial charge in [0.25, 0.3) is 0 Å². The van der Waals surface area contributed by atoms with Gasteiger partial charge in [-0.1, -0.05) is 6.42 Å². The van der Waals surface area contributed by atoms with Crippen LogP contribution in [-0.4, -0.2) is 45.5 Å². The van der Waals surface area contributed by atoms with Gasteiger partial charge in [0, 0.05) is 18.5 Å². The Balaban J connectivity index is 1.41. The third-order valence-electron chi connectivity index (χ3n) is 4.86. The van der Waals surface area contributed by atoms with Crippen LogP contribution in [0.15, 0.2) is 6.33 Å². The van der Waals surface area contributed by atoms with Crippen LogP contribution in [0.3, 0.4) is 0 Å².